The first-order chi connectivity index (χ1) is 10.1. The first-order valence-electron chi connectivity index (χ1n) is 6.96. The van der Waals surface area contributed by atoms with Crippen molar-refractivity contribution in [2.45, 2.75) is 18.4 Å². The summed E-state index contributed by atoms with van der Waals surface area (Å²) < 4.78 is 10.5. The molecule has 0 bridgehead atoms. The highest BCUT2D eigenvalue weighted by molar-refractivity contribution is 6.31. The third kappa shape index (κ3) is 3.87. The minimum Gasteiger partial charge on any atom is -0.496 e. The van der Waals surface area contributed by atoms with Crippen molar-refractivity contribution in [1.29, 1.82) is 0 Å². The molecule has 116 valence electrons. The van der Waals surface area contributed by atoms with Gasteiger partial charge in [0.05, 0.1) is 24.8 Å². The number of carbonyl (C=O) groups excluding carboxylic acids is 1. The van der Waals surface area contributed by atoms with E-state index >= 15 is 0 Å². The van der Waals surface area contributed by atoms with Crippen LogP contribution in [-0.2, 0) is 4.74 Å². The summed E-state index contributed by atoms with van der Waals surface area (Å²) in [5.74, 6) is 0.315. The molecule has 1 aromatic carbocycles. The van der Waals surface area contributed by atoms with E-state index in [1.807, 2.05) is 0 Å². The van der Waals surface area contributed by atoms with Crippen LogP contribution in [0.4, 0.5) is 0 Å². The molecular weight excluding hydrogens is 292 g/mol. The van der Waals surface area contributed by atoms with Gasteiger partial charge in [-0.3, -0.25) is 4.79 Å². The Kier molecular flexibility index (Phi) is 5.45. The maximum atomic E-state index is 12.4. The fourth-order valence-electron chi connectivity index (χ4n) is 2.67. The lowest BCUT2D eigenvalue weighted by molar-refractivity contribution is 0.0889. The van der Waals surface area contributed by atoms with Crippen LogP contribution in [0.5, 0.6) is 5.75 Å². The van der Waals surface area contributed by atoms with Crippen LogP contribution in [0.15, 0.2) is 18.2 Å². The highest BCUT2D eigenvalue weighted by atomic mass is 35.5. The van der Waals surface area contributed by atoms with Gasteiger partial charge in [-0.1, -0.05) is 11.6 Å². The van der Waals surface area contributed by atoms with Crippen LogP contribution < -0.4 is 15.4 Å². The lowest BCUT2D eigenvalue weighted by Crippen LogP contribution is -2.53. The van der Waals surface area contributed by atoms with Gasteiger partial charge in [0, 0.05) is 18.7 Å². The number of nitrogens with one attached hydrogen (secondary N) is 2. The molecule has 1 fully saturated rings. The van der Waals surface area contributed by atoms with E-state index in [4.69, 9.17) is 21.1 Å². The number of amides is 1. The van der Waals surface area contributed by atoms with E-state index in [2.05, 4.69) is 10.6 Å². The number of carbonyl (C=O) groups is 1. The van der Waals surface area contributed by atoms with Crippen molar-refractivity contribution in [3.8, 4) is 5.75 Å². The lowest BCUT2D eigenvalue weighted by atomic mass is 9.98. The smallest absolute Gasteiger partial charge is 0.255 e. The van der Waals surface area contributed by atoms with E-state index in [0.29, 0.717) is 29.5 Å². The molecule has 1 heterocycles. The standard InChI is InChI=1S/C15H21ClN2O3/c1-20-10-15(6-3-7-18-15)9-17-14(19)12-8-11(16)4-5-13(12)21-2/h4-5,8,18H,3,6-7,9-10H2,1-2H3,(H,17,19). The number of hydrogen-bond donors (Lipinski definition) is 2. The highest BCUT2D eigenvalue weighted by Crippen LogP contribution is 2.23. The van der Waals surface area contributed by atoms with Gasteiger partial charge >= 0.3 is 0 Å². The predicted molar refractivity (Wildman–Crippen MR) is 82.2 cm³/mol. The molecule has 0 aliphatic carbocycles. The molecule has 1 unspecified atom stereocenters. The van der Waals surface area contributed by atoms with Gasteiger partial charge in [0.2, 0.25) is 0 Å². The molecule has 6 heteroatoms. The summed E-state index contributed by atoms with van der Waals surface area (Å²) in [6.07, 6.45) is 2.06. The highest BCUT2D eigenvalue weighted by Gasteiger charge is 2.34. The number of halogens is 1. The fraction of sp³-hybridized carbons (Fsp3) is 0.533. The Bertz CT molecular complexity index is 502. The second-order valence-electron chi connectivity index (χ2n) is 5.27. The third-order valence-corrected chi connectivity index (χ3v) is 3.98. The second kappa shape index (κ2) is 7.11. The van der Waals surface area contributed by atoms with E-state index in [-0.39, 0.29) is 11.4 Å². The maximum Gasteiger partial charge on any atom is 0.255 e. The van der Waals surface area contributed by atoms with Crippen LogP contribution >= 0.6 is 11.6 Å². The fourth-order valence-corrected chi connectivity index (χ4v) is 2.84. The van der Waals surface area contributed by atoms with Crippen LogP contribution in [0.3, 0.4) is 0 Å². The minimum absolute atomic E-state index is 0.184. The lowest BCUT2D eigenvalue weighted by Gasteiger charge is -2.29. The second-order valence-corrected chi connectivity index (χ2v) is 5.71. The summed E-state index contributed by atoms with van der Waals surface area (Å²) in [6, 6.07) is 5.00. The topological polar surface area (TPSA) is 59.6 Å². The van der Waals surface area contributed by atoms with Crippen LogP contribution in [0.1, 0.15) is 23.2 Å². The van der Waals surface area contributed by atoms with Crippen molar-refractivity contribution in [3.05, 3.63) is 28.8 Å². The molecule has 2 N–H and O–H groups in total. The SMILES string of the molecule is COCC1(CNC(=O)c2cc(Cl)ccc2OC)CCCN1. The Labute approximate surface area is 130 Å². The molecule has 21 heavy (non-hydrogen) atoms. The average Bonchev–Trinajstić information content (AvgIpc) is 2.94. The first-order valence-corrected chi connectivity index (χ1v) is 7.34. The molecule has 1 aromatic rings. The number of methoxy groups -OCH3 is 2. The van der Waals surface area contributed by atoms with Crippen LogP contribution in [-0.4, -0.2) is 45.4 Å². The predicted octanol–water partition coefficient (Wildman–Crippen LogP) is 1.85. The Hall–Kier alpha value is -1.30. The molecule has 1 saturated heterocycles. The van der Waals surface area contributed by atoms with Crippen molar-refractivity contribution in [2.24, 2.45) is 0 Å². The Morgan fingerprint density at radius 2 is 2.29 bits per heavy atom. The number of ether oxygens (including phenoxy) is 2. The van der Waals surface area contributed by atoms with Gasteiger partial charge in [-0.2, -0.15) is 0 Å². The maximum absolute atomic E-state index is 12.4. The zero-order valence-corrected chi connectivity index (χ0v) is 13.1. The van der Waals surface area contributed by atoms with E-state index in [1.54, 1.807) is 25.3 Å². The third-order valence-electron chi connectivity index (χ3n) is 3.75. The quantitative estimate of drug-likeness (QED) is 0.841. The molecule has 1 amide bonds. The summed E-state index contributed by atoms with van der Waals surface area (Å²) in [5, 5.41) is 6.88. The molecule has 2 rings (SSSR count). The summed E-state index contributed by atoms with van der Waals surface area (Å²) in [4.78, 5) is 12.4. The molecule has 0 aromatic heterocycles. The largest absolute Gasteiger partial charge is 0.496 e. The van der Waals surface area contributed by atoms with Gasteiger partial charge in [0.25, 0.3) is 5.91 Å². The number of rotatable bonds is 6. The van der Waals surface area contributed by atoms with E-state index < -0.39 is 0 Å². The van der Waals surface area contributed by atoms with Crippen molar-refractivity contribution in [3.63, 3.8) is 0 Å². The van der Waals surface area contributed by atoms with E-state index in [9.17, 15) is 4.79 Å². The van der Waals surface area contributed by atoms with Gasteiger partial charge < -0.3 is 20.1 Å². The number of hydrogen-bond acceptors (Lipinski definition) is 4. The Morgan fingerprint density at radius 1 is 1.48 bits per heavy atom. The van der Waals surface area contributed by atoms with Gasteiger partial charge in [-0.05, 0) is 37.6 Å². The summed E-state index contributed by atoms with van der Waals surface area (Å²) in [6.45, 7) is 2.02. The van der Waals surface area contributed by atoms with Gasteiger partial charge in [0.15, 0.2) is 0 Å². The summed E-state index contributed by atoms with van der Waals surface area (Å²) in [7, 11) is 3.20. The molecule has 0 radical (unpaired) electrons. The molecule has 5 nitrogen and oxygen atoms in total. The van der Waals surface area contributed by atoms with Crippen LogP contribution in [0, 0.1) is 0 Å². The number of benzene rings is 1. The minimum atomic E-state index is -0.196. The Balaban J connectivity index is 2.06. The molecule has 1 atom stereocenters. The van der Waals surface area contributed by atoms with Gasteiger partial charge in [-0.25, -0.2) is 0 Å². The van der Waals surface area contributed by atoms with Crippen molar-refractivity contribution in [2.75, 3.05) is 33.9 Å². The van der Waals surface area contributed by atoms with E-state index in [1.165, 1.54) is 7.11 Å². The zero-order chi connectivity index (χ0) is 15.3. The van der Waals surface area contributed by atoms with Gasteiger partial charge in [0.1, 0.15) is 5.75 Å². The zero-order valence-electron chi connectivity index (χ0n) is 12.4. The Morgan fingerprint density at radius 3 is 2.90 bits per heavy atom. The molecule has 1 aliphatic heterocycles. The van der Waals surface area contributed by atoms with Crippen LogP contribution in [0.25, 0.3) is 0 Å². The van der Waals surface area contributed by atoms with Crippen molar-refractivity contribution < 1.29 is 14.3 Å². The van der Waals surface area contributed by atoms with Gasteiger partial charge in [-0.15, -0.1) is 0 Å². The first kappa shape index (κ1) is 16.1. The molecule has 0 saturated carbocycles. The normalized spacial score (nSPS) is 21.3. The summed E-state index contributed by atoms with van der Waals surface area (Å²) >= 11 is 5.95. The van der Waals surface area contributed by atoms with Crippen LogP contribution in [0.2, 0.25) is 5.02 Å². The van der Waals surface area contributed by atoms with Crippen molar-refractivity contribution >= 4 is 17.5 Å². The molecule has 1 aliphatic rings. The summed E-state index contributed by atoms with van der Waals surface area (Å²) in [5.41, 5.74) is 0.256. The molecule has 0 spiro atoms. The molecular formula is C15H21ClN2O3. The van der Waals surface area contributed by atoms with Crippen molar-refractivity contribution in [1.82, 2.24) is 10.6 Å². The average molecular weight is 313 g/mol. The monoisotopic (exact) mass is 312 g/mol. The van der Waals surface area contributed by atoms with E-state index in [0.717, 1.165) is 19.4 Å².